The lowest BCUT2D eigenvalue weighted by Gasteiger charge is -2.23. The first-order valence-electron chi connectivity index (χ1n) is 9.81. The van der Waals surface area contributed by atoms with Crippen LogP contribution in [0.15, 0.2) is 40.6 Å². The summed E-state index contributed by atoms with van der Waals surface area (Å²) >= 11 is 3.36. The number of thioether (sulfide) groups is 1. The van der Waals surface area contributed by atoms with Crippen molar-refractivity contribution in [1.82, 2.24) is 15.3 Å². The second-order valence-electron chi connectivity index (χ2n) is 7.57. The summed E-state index contributed by atoms with van der Waals surface area (Å²) in [5.74, 6) is 0.739. The maximum Gasteiger partial charge on any atom is 0.268 e. The number of hydrogen-bond donors (Lipinski definition) is 4. The predicted molar refractivity (Wildman–Crippen MR) is 126 cm³/mol. The van der Waals surface area contributed by atoms with Crippen LogP contribution in [0.1, 0.15) is 42.9 Å². The molecule has 0 fully saturated rings. The third-order valence-corrected chi connectivity index (χ3v) is 7.33. The van der Waals surface area contributed by atoms with Crippen molar-refractivity contribution in [3.05, 3.63) is 51.0 Å². The number of aromatic amines is 1. The molecule has 0 radical (unpaired) electrons. The fourth-order valence-electron chi connectivity index (χ4n) is 3.17. The van der Waals surface area contributed by atoms with Crippen molar-refractivity contribution in [2.75, 3.05) is 17.6 Å². The molecule has 156 valence electrons. The molecule has 8 heteroatoms. The normalized spacial score (nSPS) is 16.6. The van der Waals surface area contributed by atoms with Crippen LogP contribution in [0.25, 0.3) is 5.70 Å². The quantitative estimate of drug-likeness (QED) is 0.444. The van der Waals surface area contributed by atoms with Gasteiger partial charge in [-0.2, -0.15) is 4.98 Å². The van der Waals surface area contributed by atoms with E-state index in [2.05, 4.69) is 59.7 Å². The van der Waals surface area contributed by atoms with Gasteiger partial charge in [0.15, 0.2) is 0 Å². The van der Waals surface area contributed by atoms with Gasteiger partial charge in [0.2, 0.25) is 5.95 Å². The van der Waals surface area contributed by atoms with E-state index >= 15 is 0 Å². The van der Waals surface area contributed by atoms with Crippen molar-refractivity contribution in [3.8, 4) is 0 Å². The van der Waals surface area contributed by atoms with E-state index in [0.717, 1.165) is 37.9 Å². The van der Waals surface area contributed by atoms with Gasteiger partial charge in [-0.3, -0.25) is 9.78 Å². The fraction of sp³-hybridized carbons (Fsp3) is 0.429. The van der Waals surface area contributed by atoms with Crippen molar-refractivity contribution in [3.63, 3.8) is 0 Å². The molecule has 2 atom stereocenters. The number of nitrogens with zero attached hydrogens (tertiary/aromatic N) is 1. The highest BCUT2D eigenvalue weighted by Crippen LogP contribution is 2.34. The van der Waals surface area contributed by atoms with Crippen LogP contribution in [-0.2, 0) is 6.42 Å². The van der Waals surface area contributed by atoms with Crippen LogP contribution < -0.4 is 21.9 Å². The van der Waals surface area contributed by atoms with E-state index in [1.807, 2.05) is 0 Å². The van der Waals surface area contributed by atoms with E-state index in [4.69, 9.17) is 5.73 Å². The van der Waals surface area contributed by atoms with Crippen LogP contribution in [0.4, 0.5) is 11.8 Å². The molecular formula is C21H29N5OS2. The van der Waals surface area contributed by atoms with E-state index in [9.17, 15) is 4.79 Å². The fourth-order valence-corrected chi connectivity index (χ4v) is 5.25. The molecule has 0 bridgehead atoms. The molecule has 3 rings (SSSR count). The highest BCUT2D eigenvalue weighted by molar-refractivity contribution is 8.00. The summed E-state index contributed by atoms with van der Waals surface area (Å²) < 4.78 is 0. The molecule has 2 aromatic rings. The number of hydrogen-bond acceptors (Lipinski definition) is 7. The van der Waals surface area contributed by atoms with Crippen molar-refractivity contribution < 1.29 is 0 Å². The van der Waals surface area contributed by atoms with Crippen LogP contribution in [-0.4, -0.2) is 27.8 Å². The number of rotatable bonds is 9. The highest BCUT2D eigenvalue weighted by atomic mass is 32.2. The number of nitrogens with one attached hydrogen (secondary N) is 3. The van der Waals surface area contributed by atoms with Crippen molar-refractivity contribution in [2.24, 2.45) is 0 Å². The van der Waals surface area contributed by atoms with Crippen LogP contribution >= 0.6 is 23.1 Å². The highest BCUT2D eigenvalue weighted by Gasteiger charge is 2.23. The number of aryl methyl sites for hydroxylation is 1. The van der Waals surface area contributed by atoms with Gasteiger partial charge in [0, 0.05) is 33.3 Å². The molecule has 3 heterocycles. The molecule has 1 aliphatic rings. The molecule has 0 aliphatic carbocycles. The molecule has 0 aromatic carbocycles. The molecule has 29 heavy (non-hydrogen) atoms. The zero-order chi connectivity index (χ0) is 21.0. The van der Waals surface area contributed by atoms with Gasteiger partial charge in [-0.15, -0.1) is 29.7 Å². The number of allylic oxidation sites excluding steroid dienone is 1. The molecule has 0 saturated heterocycles. The molecular weight excluding hydrogens is 402 g/mol. The summed E-state index contributed by atoms with van der Waals surface area (Å²) in [6.07, 6.45) is 4.03. The summed E-state index contributed by atoms with van der Waals surface area (Å²) in [5, 5.41) is 7.06. The van der Waals surface area contributed by atoms with Crippen LogP contribution in [0, 0.1) is 0 Å². The van der Waals surface area contributed by atoms with Crippen LogP contribution in [0.2, 0.25) is 0 Å². The Morgan fingerprint density at radius 2 is 2.24 bits per heavy atom. The summed E-state index contributed by atoms with van der Waals surface area (Å²) in [4.78, 5) is 22.0. The van der Waals surface area contributed by atoms with Crippen LogP contribution in [0.3, 0.4) is 0 Å². The number of anilines is 2. The monoisotopic (exact) mass is 431 g/mol. The summed E-state index contributed by atoms with van der Waals surface area (Å²) in [6, 6.07) is 4.69. The lowest BCUT2D eigenvalue weighted by atomic mass is 10.1. The first-order valence-corrected chi connectivity index (χ1v) is 11.5. The molecule has 0 saturated carbocycles. The van der Waals surface area contributed by atoms with Crippen molar-refractivity contribution >= 4 is 40.6 Å². The van der Waals surface area contributed by atoms with Gasteiger partial charge < -0.3 is 16.4 Å². The Balaban J connectivity index is 1.51. The van der Waals surface area contributed by atoms with E-state index in [-0.39, 0.29) is 11.5 Å². The van der Waals surface area contributed by atoms with E-state index in [1.165, 1.54) is 15.3 Å². The van der Waals surface area contributed by atoms with Crippen molar-refractivity contribution in [2.45, 2.75) is 55.7 Å². The largest absolute Gasteiger partial charge is 0.382 e. The first kappa shape index (κ1) is 21.5. The zero-order valence-corrected chi connectivity index (χ0v) is 18.6. The number of nitrogens with two attached hydrogens (primary N) is 1. The van der Waals surface area contributed by atoms with Gasteiger partial charge in [-0.05, 0) is 51.7 Å². The van der Waals surface area contributed by atoms with Gasteiger partial charge in [0.05, 0.1) is 0 Å². The first-order chi connectivity index (χ1) is 13.8. The van der Waals surface area contributed by atoms with Gasteiger partial charge in [0.1, 0.15) is 10.7 Å². The molecule has 2 unspecified atom stereocenters. The van der Waals surface area contributed by atoms with Gasteiger partial charge in [-0.1, -0.05) is 12.2 Å². The molecule has 0 amide bonds. The Bertz CT molecular complexity index is 949. The topological polar surface area (TPSA) is 95.8 Å². The average Bonchev–Trinajstić information content (AvgIpc) is 3.14. The standard InChI is InChI=1S/C21H29N5OS2/c1-12(2)5-6-13(3)24-14(4)17-10-9-15(28-17)7-8-16-11-23-19-18(29-16)20(27)26-21(22)25-19/h9-10,13,16,24H,1,4-8,11H2,2-3H3,(H4,22,23,25,26,27). The number of thiophene rings is 1. The summed E-state index contributed by atoms with van der Waals surface area (Å²) in [6.45, 7) is 13.2. The Labute approximate surface area is 180 Å². The average molecular weight is 432 g/mol. The molecule has 5 N–H and O–H groups in total. The lowest BCUT2D eigenvalue weighted by molar-refractivity contribution is 0.596. The molecule has 1 aliphatic heterocycles. The lowest BCUT2D eigenvalue weighted by Crippen LogP contribution is -2.28. The second-order valence-corrected chi connectivity index (χ2v) is 10.1. The van der Waals surface area contributed by atoms with E-state index < -0.39 is 0 Å². The Kier molecular flexibility index (Phi) is 7.08. The predicted octanol–water partition coefficient (Wildman–Crippen LogP) is 4.24. The molecule has 6 nitrogen and oxygen atoms in total. The number of H-pyrrole nitrogens is 1. The van der Waals surface area contributed by atoms with Crippen LogP contribution in [0.5, 0.6) is 0 Å². The SMILES string of the molecule is C=C(C)CCC(C)NC(=C)c1ccc(CCC2CNc3nc(N)[nH]c(=O)c3S2)s1. The van der Waals surface area contributed by atoms with E-state index in [0.29, 0.717) is 22.0 Å². The van der Waals surface area contributed by atoms with Gasteiger partial charge >= 0.3 is 0 Å². The summed E-state index contributed by atoms with van der Waals surface area (Å²) in [7, 11) is 0. The van der Waals surface area contributed by atoms with Crippen molar-refractivity contribution in [1.29, 1.82) is 0 Å². The molecule has 2 aromatic heterocycles. The number of nitrogen functional groups attached to an aromatic ring is 1. The number of fused-ring (bicyclic) bond motifs is 1. The third kappa shape index (κ3) is 5.90. The minimum absolute atomic E-state index is 0.147. The van der Waals surface area contributed by atoms with Gasteiger partial charge in [-0.25, -0.2) is 0 Å². The summed E-state index contributed by atoms with van der Waals surface area (Å²) in [5.41, 5.74) is 7.63. The maximum atomic E-state index is 12.1. The maximum absolute atomic E-state index is 12.1. The Hall–Kier alpha value is -2.19. The van der Waals surface area contributed by atoms with E-state index in [1.54, 1.807) is 23.1 Å². The third-order valence-electron chi connectivity index (χ3n) is 4.77. The zero-order valence-electron chi connectivity index (χ0n) is 17.0. The Morgan fingerprint density at radius 1 is 1.45 bits per heavy atom. The smallest absolute Gasteiger partial charge is 0.268 e. The number of aromatic nitrogens is 2. The van der Waals surface area contributed by atoms with Gasteiger partial charge in [0.25, 0.3) is 5.56 Å². The Morgan fingerprint density at radius 3 is 3.00 bits per heavy atom. The molecule has 0 spiro atoms. The second kappa shape index (κ2) is 9.54. The minimum Gasteiger partial charge on any atom is -0.382 e. The minimum atomic E-state index is -0.170.